The van der Waals surface area contributed by atoms with Crippen LogP contribution < -0.4 is 4.74 Å². The Morgan fingerprint density at radius 3 is 2.27 bits per heavy atom. The van der Waals surface area contributed by atoms with E-state index < -0.39 is 12.2 Å². The summed E-state index contributed by atoms with van der Waals surface area (Å²) in [5.41, 5.74) is 1.03. The summed E-state index contributed by atoms with van der Waals surface area (Å²) in [4.78, 5) is 0. The summed E-state index contributed by atoms with van der Waals surface area (Å²) in [6.07, 6.45) is 11.3. The smallest absolute Gasteiger partial charge is 0.406 e. The predicted octanol–water partition coefficient (Wildman–Crippen LogP) is 7.82. The van der Waals surface area contributed by atoms with Crippen LogP contribution in [0.15, 0.2) is 48.3 Å². The molecule has 2 rings (SSSR count). The second kappa shape index (κ2) is 12.4. The molecule has 1 saturated carbocycles. The number of hydrogen-bond donors (Lipinski definition) is 0. The van der Waals surface area contributed by atoms with E-state index in [4.69, 9.17) is 5.26 Å². The molecule has 1 aliphatic carbocycles. The SMILES string of the molecule is N#CC(F)=CC=CCC[C@H]1CC[C@H](CCCCc2ccc(OC(F)(F)F)cc2)CC1. The maximum Gasteiger partial charge on any atom is 0.573 e. The molecule has 0 radical (unpaired) electrons. The number of aryl methyl sites for hydroxylation is 1. The van der Waals surface area contributed by atoms with Gasteiger partial charge in [-0.2, -0.15) is 9.65 Å². The van der Waals surface area contributed by atoms with E-state index in [1.54, 1.807) is 18.2 Å². The summed E-state index contributed by atoms with van der Waals surface area (Å²) in [5.74, 6) is 0.559. The number of halogens is 4. The van der Waals surface area contributed by atoms with E-state index in [9.17, 15) is 17.6 Å². The van der Waals surface area contributed by atoms with Crippen LogP contribution in [0.5, 0.6) is 5.75 Å². The lowest BCUT2D eigenvalue weighted by Gasteiger charge is -2.28. The molecule has 0 amide bonds. The third kappa shape index (κ3) is 9.96. The average molecular weight is 423 g/mol. The third-order valence-electron chi connectivity index (χ3n) is 5.68. The maximum atomic E-state index is 12.7. The number of rotatable bonds is 10. The zero-order chi connectivity index (χ0) is 21.8. The molecule has 0 spiro atoms. The van der Waals surface area contributed by atoms with Crippen molar-refractivity contribution in [1.29, 1.82) is 5.26 Å². The Morgan fingerprint density at radius 1 is 1.03 bits per heavy atom. The van der Waals surface area contributed by atoms with Crippen LogP contribution >= 0.6 is 0 Å². The van der Waals surface area contributed by atoms with Crippen molar-refractivity contribution in [2.45, 2.75) is 70.6 Å². The lowest BCUT2D eigenvalue weighted by Crippen LogP contribution is -2.17. The van der Waals surface area contributed by atoms with Gasteiger partial charge in [0.2, 0.25) is 0 Å². The first-order chi connectivity index (χ1) is 14.4. The molecule has 0 unspecified atom stereocenters. The lowest BCUT2D eigenvalue weighted by atomic mass is 9.78. The van der Waals surface area contributed by atoms with Gasteiger partial charge >= 0.3 is 6.36 Å². The summed E-state index contributed by atoms with van der Waals surface area (Å²) >= 11 is 0. The third-order valence-corrected chi connectivity index (χ3v) is 5.68. The number of ether oxygens (including phenoxy) is 1. The normalized spacial score (nSPS) is 20.3. The van der Waals surface area contributed by atoms with Crippen LogP contribution in [0.4, 0.5) is 17.6 Å². The highest BCUT2D eigenvalue weighted by Crippen LogP contribution is 2.34. The van der Waals surface area contributed by atoms with E-state index in [0.717, 1.165) is 49.5 Å². The number of unbranched alkanes of at least 4 members (excludes halogenated alkanes) is 1. The molecule has 1 aliphatic rings. The minimum Gasteiger partial charge on any atom is -0.406 e. The van der Waals surface area contributed by atoms with Crippen molar-refractivity contribution in [2.24, 2.45) is 11.8 Å². The van der Waals surface area contributed by atoms with Gasteiger partial charge < -0.3 is 4.74 Å². The topological polar surface area (TPSA) is 33.0 Å². The van der Waals surface area contributed by atoms with E-state index in [2.05, 4.69) is 4.74 Å². The molecule has 1 aromatic rings. The highest BCUT2D eigenvalue weighted by atomic mass is 19.4. The number of hydrogen-bond acceptors (Lipinski definition) is 2. The molecule has 1 aromatic carbocycles. The van der Waals surface area contributed by atoms with Crippen molar-refractivity contribution < 1.29 is 22.3 Å². The second-order valence-electron chi connectivity index (χ2n) is 7.96. The summed E-state index contributed by atoms with van der Waals surface area (Å²) < 4.78 is 53.1. The zero-order valence-electron chi connectivity index (χ0n) is 17.1. The molecule has 0 bridgehead atoms. The largest absolute Gasteiger partial charge is 0.573 e. The van der Waals surface area contributed by atoms with Crippen LogP contribution in [-0.4, -0.2) is 6.36 Å². The fourth-order valence-corrected chi connectivity index (χ4v) is 4.05. The van der Waals surface area contributed by atoms with Gasteiger partial charge in [0.15, 0.2) is 5.83 Å². The molecule has 0 heterocycles. The van der Waals surface area contributed by atoms with Gasteiger partial charge in [-0.05, 0) is 61.3 Å². The fraction of sp³-hybridized carbons (Fsp3) is 0.542. The van der Waals surface area contributed by atoms with Crippen LogP contribution in [0.25, 0.3) is 0 Å². The molecular formula is C24H29F4NO. The second-order valence-corrected chi connectivity index (χ2v) is 7.96. The van der Waals surface area contributed by atoms with Gasteiger partial charge in [0.1, 0.15) is 11.8 Å². The molecule has 0 saturated heterocycles. The first-order valence-electron chi connectivity index (χ1n) is 10.6. The summed E-state index contributed by atoms with van der Waals surface area (Å²) in [6, 6.07) is 7.59. The van der Waals surface area contributed by atoms with E-state index in [-0.39, 0.29) is 5.75 Å². The van der Waals surface area contributed by atoms with Crippen LogP contribution in [-0.2, 0) is 6.42 Å². The molecule has 0 aromatic heterocycles. The van der Waals surface area contributed by atoms with Crippen LogP contribution in [0.3, 0.4) is 0 Å². The number of nitriles is 1. The Labute approximate surface area is 176 Å². The summed E-state index contributed by atoms with van der Waals surface area (Å²) in [6.45, 7) is 0. The number of allylic oxidation sites excluding steroid dienone is 4. The Balaban J connectivity index is 1.56. The van der Waals surface area contributed by atoms with Gasteiger partial charge in [0.25, 0.3) is 0 Å². The van der Waals surface area contributed by atoms with E-state index >= 15 is 0 Å². The van der Waals surface area contributed by atoms with Gasteiger partial charge in [-0.1, -0.05) is 62.8 Å². The predicted molar refractivity (Wildman–Crippen MR) is 109 cm³/mol. The highest BCUT2D eigenvalue weighted by molar-refractivity contribution is 5.27. The van der Waals surface area contributed by atoms with Crippen LogP contribution in [0.2, 0.25) is 0 Å². The molecule has 164 valence electrons. The van der Waals surface area contributed by atoms with Crippen molar-refractivity contribution in [3.63, 3.8) is 0 Å². The summed E-state index contributed by atoms with van der Waals surface area (Å²) in [5, 5.41) is 8.33. The van der Waals surface area contributed by atoms with Crippen molar-refractivity contribution in [3.8, 4) is 11.8 Å². The molecule has 0 N–H and O–H groups in total. The van der Waals surface area contributed by atoms with E-state index in [1.165, 1.54) is 56.4 Å². The van der Waals surface area contributed by atoms with Crippen LogP contribution in [0.1, 0.15) is 63.4 Å². The molecule has 2 nitrogen and oxygen atoms in total. The summed E-state index contributed by atoms with van der Waals surface area (Å²) in [7, 11) is 0. The van der Waals surface area contributed by atoms with Gasteiger partial charge in [0, 0.05) is 0 Å². The highest BCUT2D eigenvalue weighted by Gasteiger charge is 2.30. The van der Waals surface area contributed by atoms with Crippen molar-refractivity contribution in [3.05, 3.63) is 53.9 Å². The number of nitrogens with zero attached hydrogens (tertiary/aromatic N) is 1. The van der Waals surface area contributed by atoms with Crippen molar-refractivity contribution >= 4 is 0 Å². The molecule has 0 atom stereocenters. The molecule has 1 fully saturated rings. The van der Waals surface area contributed by atoms with Gasteiger partial charge in [-0.15, -0.1) is 13.2 Å². The lowest BCUT2D eigenvalue weighted by molar-refractivity contribution is -0.274. The van der Waals surface area contributed by atoms with Crippen LogP contribution in [0, 0.1) is 23.2 Å². The minimum atomic E-state index is -4.65. The molecule has 6 heteroatoms. The molecule has 30 heavy (non-hydrogen) atoms. The van der Waals surface area contributed by atoms with Crippen molar-refractivity contribution in [2.75, 3.05) is 0 Å². The molecule has 0 aliphatic heterocycles. The van der Waals surface area contributed by atoms with E-state index in [0.29, 0.717) is 0 Å². The Bertz CT molecular complexity index is 723. The quantitative estimate of drug-likeness (QED) is 0.166. The minimum absolute atomic E-state index is 0.177. The average Bonchev–Trinajstić information content (AvgIpc) is 2.72. The van der Waals surface area contributed by atoms with Gasteiger partial charge in [-0.3, -0.25) is 0 Å². The van der Waals surface area contributed by atoms with Gasteiger partial charge in [-0.25, -0.2) is 0 Å². The first kappa shape index (κ1) is 24.0. The fourth-order valence-electron chi connectivity index (χ4n) is 4.05. The Kier molecular flexibility index (Phi) is 9.93. The number of alkyl halides is 3. The van der Waals surface area contributed by atoms with E-state index in [1.807, 2.05) is 6.08 Å². The standard InChI is InChI=1S/C24H29F4NO/c25-22(18-29)9-3-1-2-6-19-10-12-20(13-11-19)7-4-5-8-21-14-16-23(17-15-21)30-24(26,27)28/h1,3,9,14-17,19-20H,2,4-8,10-13H2/t19-,20-. The Hall–Kier alpha value is -2.29. The maximum absolute atomic E-state index is 12.7. The Morgan fingerprint density at radius 2 is 1.67 bits per heavy atom. The first-order valence-corrected chi connectivity index (χ1v) is 10.6. The van der Waals surface area contributed by atoms with Gasteiger partial charge in [0.05, 0.1) is 0 Å². The number of benzene rings is 1. The monoisotopic (exact) mass is 423 g/mol. The molecular weight excluding hydrogens is 394 g/mol. The zero-order valence-corrected chi connectivity index (χ0v) is 17.1. The van der Waals surface area contributed by atoms with Crippen molar-refractivity contribution in [1.82, 2.24) is 0 Å².